The molecule has 1 amide bonds. The Kier molecular flexibility index (Phi) is 7.81. The van der Waals surface area contributed by atoms with Crippen molar-refractivity contribution >= 4 is 23.2 Å². The Labute approximate surface area is 181 Å². The Morgan fingerprint density at radius 1 is 1.33 bits per heavy atom. The number of aryl methyl sites for hydroxylation is 1. The van der Waals surface area contributed by atoms with Gasteiger partial charge in [-0.3, -0.25) is 4.79 Å². The van der Waals surface area contributed by atoms with E-state index in [0.29, 0.717) is 24.8 Å². The molecule has 0 saturated carbocycles. The molecule has 0 spiro atoms. The Hall–Kier alpha value is -2.45. The molecule has 3 rings (SSSR count). The largest absolute Gasteiger partial charge is 0.482 e. The molecule has 1 saturated heterocycles. The summed E-state index contributed by atoms with van der Waals surface area (Å²) in [6.07, 6.45) is 1.55. The van der Waals surface area contributed by atoms with Crippen molar-refractivity contribution in [3.8, 4) is 5.75 Å². The minimum absolute atomic E-state index is 0.0251. The normalized spacial score (nSPS) is 16.7. The van der Waals surface area contributed by atoms with Crippen molar-refractivity contribution in [1.29, 1.82) is 0 Å². The van der Waals surface area contributed by atoms with Gasteiger partial charge in [0.25, 0.3) is 0 Å². The smallest absolute Gasteiger partial charge is 0.343 e. The van der Waals surface area contributed by atoms with Crippen LogP contribution in [0.15, 0.2) is 29.6 Å². The van der Waals surface area contributed by atoms with Gasteiger partial charge in [-0.05, 0) is 30.5 Å². The maximum Gasteiger partial charge on any atom is 0.343 e. The Morgan fingerprint density at radius 3 is 2.77 bits per heavy atom. The van der Waals surface area contributed by atoms with Crippen LogP contribution >= 0.6 is 11.3 Å². The third-order valence-corrected chi connectivity index (χ3v) is 6.08. The topological polar surface area (TPSA) is 78.0 Å². The fourth-order valence-corrected chi connectivity index (χ4v) is 4.03. The van der Waals surface area contributed by atoms with Crippen molar-refractivity contribution in [2.24, 2.45) is 0 Å². The molecular formula is C22H28N2O5S. The van der Waals surface area contributed by atoms with Crippen LogP contribution < -0.4 is 4.74 Å². The summed E-state index contributed by atoms with van der Waals surface area (Å²) in [6, 6.07) is 7.62. The predicted molar refractivity (Wildman–Crippen MR) is 114 cm³/mol. The minimum Gasteiger partial charge on any atom is -0.482 e. The summed E-state index contributed by atoms with van der Waals surface area (Å²) in [7, 11) is 1.33. The maximum absolute atomic E-state index is 12.3. The molecule has 0 N–H and O–H groups in total. The molecule has 0 aliphatic carbocycles. The van der Waals surface area contributed by atoms with Gasteiger partial charge in [0.1, 0.15) is 18.5 Å². The van der Waals surface area contributed by atoms with Crippen molar-refractivity contribution < 1.29 is 23.8 Å². The molecule has 30 heavy (non-hydrogen) atoms. The number of carbonyl (C=O) groups is 2. The summed E-state index contributed by atoms with van der Waals surface area (Å²) in [4.78, 5) is 29.9. The highest BCUT2D eigenvalue weighted by Crippen LogP contribution is 2.27. The van der Waals surface area contributed by atoms with Crippen LogP contribution in [0.25, 0.3) is 0 Å². The number of hydrogen-bond acceptors (Lipinski definition) is 7. The molecular weight excluding hydrogens is 404 g/mol. The first-order valence-electron chi connectivity index (χ1n) is 10.1. The third kappa shape index (κ3) is 6.03. The molecule has 0 bridgehead atoms. The molecule has 8 heteroatoms. The average molecular weight is 433 g/mol. The quantitative estimate of drug-likeness (QED) is 0.566. The highest BCUT2D eigenvalue weighted by atomic mass is 32.1. The van der Waals surface area contributed by atoms with E-state index in [0.717, 1.165) is 29.1 Å². The average Bonchev–Trinajstić information content (AvgIpc) is 3.25. The number of amides is 1. The monoisotopic (exact) mass is 432 g/mol. The van der Waals surface area contributed by atoms with E-state index < -0.39 is 5.97 Å². The fourth-order valence-electron chi connectivity index (χ4n) is 3.15. The number of hydrogen-bond donors (Lipinski definition) is 0. The zero-order valence-corrected chi connectivity index (χ0v) is 18.4. The molecule has 2 aromatic rings. The molecule has 1 atom stereocenters. The lowest BCUT2D eigenvalue weighted by Crippen LogP contribution is -2.43. The number of carbonyl (C=O) groups excluding carboxylic acids is 2. The lowest BCUT2D eigenvalue weighted by atomic mass is 10.1. The van der Waals surface area contributed by atoms with Crippen LogP contribution in [0.4, 0.5) is 0 Å². The second-order valence-corrected chi connectivity index (χ2v) is 8.41. The molecule has 7 nitrogen and oxygen atoms in total. The van der Waals surface area contributed by atoms with E-state index in [1.54, 1.807) is 11.3 Å². The van der Waals surface area contributed by atoms with Crippen LogP contribution in [0.2, 0.25) is 0 Å². The number of nitrogens with zero attached hydrogens (tertiary/aromatic N) is 2. The van der Waals surface area contributed by atoms with Gasteiger partial charge in [0.2, 0.25) is 5.91 Å². The van der Waals surface area contributed by atoms with Gasteiger partial charge in [-0.2, -0.15) is 0 Å². The number of rotatable bonds is 9. The summed E-state index contributed by atoms with van der Waals surface area (Å²) in [5.41, 5.74) is 2.07. The maximum atomic E-state index is 12.3. The molecule has 162 valence electrons. The fraction of sp³-hybridized carbons (Fsp3) is 0.500. The van der Waals surface area contributed by atoms with E-state index in [9.17, 15) is 9.59 Å². The van der Waals surface area contributed by atoms with E-state index in [-0.39, 0.29) is 25.2 Å². The summed E-state index contributed by atoms with van der Waals surface area (Å²) < 4.78 is 15.6. The summed E-state index contributed by atoms with van der Waals surface area (Å²) >= 11 is 1.65. The molecule has 1 aromatic carbocycles. The number of thiazole rings is 1. The molecule has 1 aliphatic heterocycles. The van der Waals surface area contributed by atoms with Gasteiger partial charge in [0, 0.05) is 17.8 Å². The highest BCUT2D eigenvalue weighted by molar-refractivity contribution is 7.09. The number of ether oxygens (including phenoxy) is 3. The van der Waals surface area contributed by atoms with E-state index in [1.165, 1.54) is 7.11 Å². The Morgan fingerprint density at radius 2 is 2.10 bits per heavy atom. The van der Waals surface area contributed by atoms with Crippen LogP contribution in [0.1, 0.15) is 48.6 Å². The van der Waals surface area contributed by atoms with Crippen LogP contribution in [-0.4, -0.2) is 55.2 Å². The van der Waals surface area contributed by atoms with Gasteiger partial charge in [-0.25, -0.2) is 9.78 Å². The van der Waals surface area contributed by atoms with Crippen LogP contribution in [0.3, 0.4) is 0 Å². The Bertz CT molecular complexity index is 849. The lowest BCUT2D eigenvalue weighted by molar-refractivity contribution is -0.149. The van der Waals surface area contributed by atoms with Crippen molar-refractivity contribution in [2.75, 3.05) is 33.4 Å². The second kappa shape index (κ2) is 10.5. The molecule has 1 aromatic heterocycles. The summed E-state index contributed by atoms with van der Waals surface area (Å²) in [6.45, 7) is 5.47. The number of esters is 1. The van der Waals surface area contributed by atoms with Gasteiger partial charge in [-0.15, -0.1) is 11.3 Å². The number of benzene rings is 1. The van der Waals surface area contributed by atoms with Crippen molar-refractivity contribution in [3.63, 3.8) is 0 Å². The number of aromatic nitrogens is 1. The molecule has 1 unspecified atom stereocenters. The zero-order chi connectivity index (χ0) is 21.5. The lowest BCUT2D eigenvalue weighted by Gasteiger charge is -2.32. The first-order valence-corrected chi connectivity index (χ1v) is 11.0. The zero-order valence-electron chi connectivity index (χ0n) is 17.6. The first kappa shape index (κ1) is 22.2. The van der Waals surface area contributed by atoms with Crippen molar-refractivity contribution in [1.82, 2.24) is 9.88 Å². The van der Waals surface area contributed by atoms with E-state index >= 15 is 0 Å². The van der Waals surface area contributed by atoms with Crippen LogP contribution in [0.5, 0.6) is 5.75 Å². The van der Waals surface area contributed by atoms with E-state index in [2.05, 4.69) is 23.6 Å². The third-order valence-electron chi connectivity index (χ3n) is 4.91. The van der Waals surface area contributed by atoms with Crippen LogP contribution in [0, 0.1) is 0 Å². The van der Waals surface area contributed by atoms with Crippen molar-refractivity contribution in [2.45, 2.75) is 38.7 Å². The van der Waals surface area contributed by atoms with Gasteiger partial charge in [0.15, 0.2) is 6.61 Å². The van der Waals surface area contributed by atoms with Crippen LogP contribution in [-0.2, 0) is 25.5 Å². The minimum atomic E-state index is -0.411. The van der Waals surface area contributed by atoms with Gasteiger partial charge < -0.3 is 19.1 Å². The molecule has 0 radical (unpaired) electrons. The summed E-state index contributed by atoms with van der Waals surface area (Å²) in [5, 5.41) is 3.13. The van der Waals surface area contributed by atoms with Gasteiger partial charge in [-0.1, -0.05) is 26.0 Å². The highest BCUT2D eigenvalue weighted by Gasteiger charge is 2.28. The molecule has 2 heterocycles. The number of methoxy groups -OCH3 is 1. The standard InChI is InChI=1S/C22H28N2O5S/c1-15(2)22-23-18(14-30-22)19-11-24(20(25)12-29-19)10-4-5-16-6-8-17(9-7-16)28-13-21(26)27-3/h6-9,14-15,19H,4-5,10-13H2,1-3H3. The van der Waals surface area contributed by atoms with Gasteiger partial charge >= 0.3 is 5.97 Å². The van der Waals surface area contributed by atoms with E-state index in [1.807, 2.05) is 34.5 Å². The predicted octanol–water partition coefficient (Wildman–Crippen LogP) is 3.35. The Balaban J connectivity index is 1.47. The van der Waals surface area contributed by atoms with Crippen molar-refractivity contribution in [3.05, 3.63) is 45.9 Å². The SMILES string of the molecule is COC(=O)COc1ccc(CCCN2CC(c3csc(C(C)C)n3)OCC2=O)cc1. The molecule has 1 fully saturated rings. The second-order valence-electron chi connectivity index (χ2n) is 7.52. The van der Waals surface area contributed by atoms with Gasteiger partial charge in [0.05, 0.1) is 24.4 Å². The summed E-state index contributed by atoms with van der Waals surface area (Å²) in [5.74, 6) is 0.629. The number of morpholine rings is 1. The first-order chi connectivity index (χ1) is 14.5. The molecule has 1 aliphatic rings. The van der Waals surface area contributed by atoms with E-state index in [4.69, 9.17) is 9.47 Å².